The summed E-state index contributed by atoms with van der Waals surface area (Å²) >= 11 is 0. The fraction of sp³-hybridized carbons (Fsp3) is 0.308. The first kappa shape index (κ1) is 20.8. The number of rotatable bonds is 6. The molecule has 152 valence electrons. The van der Waals surface area contributed by atoms with E-state index in [1.54, 1.807) is 7.11 Å². The minimum atomic E-state index is 0.174. The Bertz CT molecular complexity index is 917. The van der Waals surface area contributed by atoms with Gasteiger partial charge >= 0.3 is 0 Å². The molecule has 0 N–H and O–H groups in total. The Morgan fingerprint density at radius 1 is 0.655 bits per heavy atom. The largest absolute Gasteiger partial charge is 0.497 e. The van der Waals surface area contributed by atoms with E-state index in [0.29, 0.717) is 0 Å². The van der Waals surface area contributed by atoms with Crippen molar-refractivity contribution in [2.24, 2.45) is 0 Å². The van der Waals surface area contributed by atoms with E-state index in [1.807, 2.05) is 0 Å². The van der Waals surface area contributed by atoms with Crippen molar-refractivity contribution >= 4 is 11.4 Å². The smallest absolute Gasteiger partial charge is 0.118 e. The van der Waals surface area contributed by atoms with Gasteiger partial charge in [-0.3, -0.25) is 0 Å². The minimum Gasteiger partial charge on any atom is -0.497 e. The summed E-state index contributed by atoms with van der Waals surface area (Å²) in [4.78, 5) is 4.30. The third-order valence-corrected chi connectivity index (χ3v) is 5.61. The van der Waals surface area contributed by atoms with Crippen LogP contribution in [-0.4, -0.2) is 35.3 Å². The quantitative estimate of drug-likeness (QED) is 0.509. The SMILES string of the molecule is COc1ccc(C(c2ccc(N(C)C)cc2C)c2ccc(N(C)C)cc2C)cc1. The molecule has 0 atom stereocenters. The van der Waals surface area contributed by atoms with Crippen LogP contribution in [0, 0.1) is 13.8 Å². The fourth-order valence-corrected chi connectivity index (χ4v) is 3.85. The highest BCUT2D eigenvalue weighted by atomic mass is 16.5. The number of benzene rings is 3. The van der Waals surface area contributed by atoms with Crippen LogP contribution in [0.2, 0.25) is 0 Å². The maximum absolute atomic E-state index is 5.38. The van der Waals surface area contributed by atoms with Gasteiger partial charge in [0.25, 0.3) is 0 Å². The van der Waals surface area contributed by atoms with Crippen LogP contribution in [0.25, 0.3) is 0 Å². The topological polar surface area (TPSA) is 15.7 Å². The predicted molar refractivity (Wildman–Crippen MR) is 125 cm³/mol. The average molecular weight is 389 g/mol. The lowest BCUT2D eigenvalue weighted by Gasteiger charge is -2.25. The van der Waals surface area contributed by atoms with E-state index >= 15 is 0 Å². The Morgan fingerprint density at radius 3 is 1.45 bits per heavy atom. The molecule has 3 rings (SSSR count). The fourth-order valence-electron chi connectivity index (χ4n) is 3.85. The lowest BCUT2D eigenvalue weighted by Crippen LogP contribution is -2.12. The summed E-state index contributed by atoms with van der Waals surface area (Å²) in [5.41, 5.74) is 8.98. The van der Waals surface area contributed by atoms with Crippen molar-refractivity contribution in [3.8, 4) is 5.75 Å². The van der Waals surface area contributed by atoms with Crippen molar-refractivity contribution in [2.45, 2.75) is 19.8 Å². The summed E-state index contributed by atoms with van der Waals surface area (Å²) in [6.45, 7) is 4.42. The summed E-state index contributed by atoms with van der Waals surface area (Å²) in [6.07, 6.45) is 0. The van der Waals surface area contributed by atoms with Crippen LogP contribution < -0.4 is 14.5 Å². The number of methoxy groups -OCH3 is 1. The Balaban J connectivity index is 2.17. The van der Waals surface area contributed by atoms with E-state index < -0.39 is 0 Å². The van der Waals surface area contributed by atoms with E-state index in [-0.39, 0.29) is 5.92 Å². The highest BCUT2D eigenvalue weighted by Gasteiger charge is 2.21. The summed E-state index contributed by atoms with van der Waals surface area (Å²) in [6, 6.07) is 22.0. The zero-order valence-corrected chi connectivity index (χ0v) is 18.7. The predicted octanol–water partition coefficient (Wildman–Crippen LogP) is 5.62. The standard InChI is InChI=1S/C26H32N2O/c1-18-16-21(27(3)4)10-14-24(18)26(20-8-12-23(29-7)13-9-20)25-15-11-22(28(5)6)17-19(25)2/h8-17,26H,1-7H3. The van der Waals surface area contributed by atoms with Crippen LogP contribution in [0.4, 0.5) is 11.4 Å². The summed E-state index contributed by atoms with van der Waals surface area (Å²) in [5, 5.41) is 0. The summed E-state index contributed by atoms with van der Waals surface area (Å²) in [7, 11) is 10.0. The second kappa shape index (κ2) is 8.60. The van der Waals surface area contributed by atoms with Crippen molar-refractivity contribution < 1.29 is 4.74 Å². The first-order valence-corrected chi connectivity index (χ1v) is 10.0. The molecule has 0 aliphatic carbocycles. The van der Waals surface area contributed by atoms with Crippen LogP contribution in [0.5, 0.6) is 5.75 Å². The van der Waals surface area contributed by atoms with E-state index in [9.17, 15) is 0 Å². The zero-order chi connectivity index (χ0) is 21.1. The van der Waals surface area contributed by atoms with Gasteiger partial charge in [0.1, 0.15) is 5.75 Å². The molecule has 0 spiro atoms. The van der Waals surface area contributed by atoms with Crippen LogP contribution >= 0.6 is 0 Å². The number of aryl methyl sites for hydroxylation is 2. The van der Waals surface area contributed by atoms with Crippen LogP contribution in [0.15, 0.2) is 60.7 Å². The van der Waals surface area contributed by atoms with Gasteiger partial charge in [-0.05, 0) is 78.1 Å². The van der Waals surface area contributed by atoms with Gasteiger partial charge in [-0.2, -0.15) is 0 Å². The highest BCUT2D eigenvalue weighted by molar-refractivity contribution is 5.58. The van der Waals surface area contributed by atoms with Crippen molar-refractivity contribution in [1.29, 1.82) is 0 Å². The third kappa shape index (κ3) is 4.40. The molecule has 3 heteroatoms. The van der Waals surface area contributed by atoms with Gasteiger partial charge in [0.05, 0.1) is 7.11 Å². The monoisotopic (exact) mass is 388 g/mol. The van der Waals surface area contributed by atoms with Crippen molar-refractivity contribution in [1.82, 2.24) is 0 Å². The molecule has 0 amide bonds. The number of hydrogen-bond acceptors (Lipinski definition) is 3. The molecule has 0 unspecified atom stereocenters. The van der Waals surface area contributed by atoms with Crippen LogP contribution in [0.3, 0.4) is 0 Å². The number of anilines is 2. The number of hydrogen-bond donors (Lipinski definition) is 0. The second-order valence-electron chi connectivity index (χ2n) is 8.08. The first-order valence-electron chi connectivity index (χ1n) is 10.0. The van der Waals surface area contributed by atoms with Crippen molar-refractivity contribution in [3.05, 3.63) is 88.5 Å². The van der Waals surface area contributed by atoms with Crippen molar-refractivity contribution in [2.75, 3.05) is 45.1 Å². The lowest BCUT2D eigenvalue weighted by atomic mass is 9.81. The molecular weight excluding hydrogens is 356 g/mol. The zero-order valence-electron chi connectivity index (χ0n) is 18.7. The molecule has 0 saturated heterocycles. The number of nitrogens with zero attached hydrogens (tertiary/aromatic N) is 2. The molecule has 0 aliphatic rings. The molecule has 3 nitrogen and oxygen atoms in total. The normalized spacial score (nSPS) is 10.9. The Morgan fingerprint density at radius 2 is 1.10 bits per heavy atom. The lowest BCUT2D eigenvalue weighted by molar-refractivity contribution is 0.414. The molecule has 3 aromatic rings. The van der Waals surface area contributed by atoms with E-state index in [0.717, 1.165) is 5.75 Å². The first-order chi connectivity index (χ1) is 13.8. The average Bonchev–Trinajstić information content (AvgIpc) is 2.70. The van der Waals surface area contributed by atoms with Gasteiger partial charge in [-0.1, -0.05) is 24.3 Å². The Kier molecular flexibility index (Phi) is 6.17. The molecule has 29 heavy (non-hydrogen) atoms. The molecule has 0 fully saturated rings. The minimum absolute atomic E-state index is 0.174. The third-order valence-electron chi connectivity index (χ3n) is 5.61. The molecule has 0 aliphatic heterocycles. The molecule has 0 heterocycles. The highest BCUT2D eigenvalue weighted by Crippen LogP contribution is 2.38. The van der Waals surface area contributed by atoms with E-state index in [4.69, 9.17) is 4.74 Å². The molecule has 3 aromatic carbocycles. The van der Waals surface area contributed by atoms with Gasteiger partial charge in [-0.15, -0.1) is 0 Å². The molecule has 0 bridgehead atoms. The van der Waals surface area contributed by atoms with E-state index in [2.05, 4.69) is 113 Å². The van der Waals surface area contributed by atoms with Crippen molar-refractivity contribution in [3.63, 3.8) is 0 Å². The molecular formula is C26H32N2O. The summed E-state index contributed by atoms with van der Waals surface area (Å²) in [5.74, 6) is 1.06. The van der Waals surface area contributed by atoms with E-state index in [1.165, 1.54) is 39.2 Å². The second-order valence-corrected chi connectivity index (χ2v) is 8.08. The molecule has 0 radical (unpaired) electrons. The van der Waals surface area contributed by atoms with Crippen LogP contribution in [0.1, 0.15) is 33.7 Å². The van der Waals surface area contributed by atoms with Gasteiger partial charge in [0, 0.05) is 45.5 Å². The van der Waals surface area contributed by atoms with Gasteiger partial charge < -0.3 is 14.5 Å². The van der Waals surface area contributed by atoms with Gasteiger partial charge in [-0.25, -0.2) is 0 Å². The Labute approximate surface area is 175 Å². The summed E-state index contributed by atoms with van der Waals surface area (Å²) < 4.78 is 5.38. The molecule has 0 saturated carbocycles. The maximum atomic E-state index is 5.38. The Hall–Kier alpha value is -2.94. The maximum Gasteiger partial charge on any atom is 0.118 e. The number of ether oxygens (including phenoxy) is 1. The van der Waals surface area contributed by atoms with Crippen LogP contribution in [-0.2, 0) is 0 Å². The molecule has 0 aromatic heterocycles. The van der Waals surface area contributed by atoms with Gasteiger partial charge in [0.2, 0.25) is 0 Å². The van der Waals surface area contributed by atoms with Gasteiger partial charge in [0.15, 0.2) is 0 Å².